The minimum Gasteiger partial charge on any atom is -0.496 e. The van der Waals surface area contributed by atoms with E-state index in [9.17, 15) is 19.7 Å². The fourth-order valence-electron chi connectivity index (χ4n) is 1.92. The van der Waals surface area contributed by atoms with Crippen LogP contribution in [0.4, 0.5) is 11.4 Å². The van der Waals surface area contributed by atoms with Crippen LogP contribution in [0.5, 0.6) is 5.75 Å². The molecule has 0 aliphatic carbocycles. The van der Waals surface area contributed by atoms with Crippen LogP contribution >= 0.6 is 23.2 Å². The third kappa shape index (κ3) is 4.03. The summed E-state index contributed by atoms with van der Waals surface area (Å²) in [7, 11) is 1.37. The number of benzene rings is 1. The molecule has 10 heteroatoms. The van der Waals surface area contributed by atoms with Gasteiger partial charge in [0, 0.05) is 6.20 Å². The molecule has 0 aliphatic heterocycles. The third-order valence-electron chi connectivity index (χ3n) is 3.00. The van der Waals surface area contributed by atoms with E-state index in [1.54, 1.807) is 0 Å². The lowest BCUT2D eigenvalue weighted by molar-refractivity contribution is -0.384. The summed E-state index contributed by atoms with van der Waals surface area (Å²) in [4.78, 5) is 34.3. The zero-order chi connectivity index (χ0) is 17.9. The van der Waals surface area contributed by atoms with Crippen molar-refractivity contribution in [3.63, 3.8) is 0 Å². The Morgan fingerprint density at radius 3 is 2.71 bits per heavy atom. The number of methoxy groups -OCH3 is 1. The summed E-state index contributed by atoms with van der Waals surface area (Å²) in [6.07, 6.45) is 1.25. The molecule has 0 radical (unpaired) electrons. The van der Waals surface area contributed by atoms with Crippen molar-refractivity contribution in [1.82, 2.24) is 4.57 Å². The van der Waals surface area contributed by atoms with Crippen molar-refractivity contribution in [2.24, 2.45) is 0 Å². The van der Waals surface area contributed by atoms with Crippen LogP contribution in [-0.4, -0.2) is 22.5 Å². The van der Waals surface area contributed by atoms with Crippen molar-refractivity contribution >= 4 is 40.5 Å². The number of hydrogen-bond donors (Lipinski definition) is 1. The van der Waals surface area contributed by atoms with Gasteiger partial charge in [-0.2, -0.15) is 0 Å². The van der Waals surface area contributed by atoms with Crippen LogP contribution in [-0.2, 0) is 11.3 Å². The van der Waals surface area contributed by atoms with Crippen molar-refractivity contribution in [3.05, 3.63) is 61.0 Å². The van der Waals surface area contributed by atoms with Gasteiger partial charge in [0.1, 0.15) is 23.0 Å². The molecule has 1 aromatic heterocycles. The largest absolute Gasteiger partial charge is 0.496 e. The number of amides is 1. The lowest BCUT2D eigenvalue weighted by Gasteiger charge is -2.09. The Morgan fingerprint density at radius 1 is 1.38 bits per heavy atom. The molecule has 24 heavy (non-hydrogen) atoms. The normalized spacial score (nSPS) is 10.3. The second-order valence-corrected chi connectivity index (χ2v) is 5.47. The molecule has 1 heterocycles. The number of nitro groups is 1. The number of nitro benzene ring substituents is 1. The number of anilines is 1. The minimum atomic E-state index is -0.652. The van der Waals surface area contributed by atoms with Crippen molar-refractivity contribution in [3.8, 4) is 5.75 Å². The first kappa shape index (κ1) is 17.8. The van der Waals surface area contributed by atoms with Crippen LogP contribution in [0.1, 0.15) is 0 Å². The summed E-state index contributed by atoms with van der Waals surface area (Å²) in [6.45, 7) is -0.400. The van der Waals surface area contributed by atoms with E-state index in [1.807, 2.05) is 0 Å². The summed E-state index contributed by atoms with van der Waals surface area (Å²) >= 11 is 11.5. The van der Waals surface area contributed by atoms with Gasteiger partial charge in [0.2, 0.25) is 5.91 Å². The van der Waals surface area contributed by atoms with Crippen LogP contribution in [0.25, 0.3) is 0 Å². The molecule has 0 spiro atoms. The predicted octanol–water partition coefficient (Wildman–Crippen LogP) is 2.71. The van der Waals surface area contributed by atoms with E-state index in [0.29, 0.717) is 0 Å². The van der Waals surface area contributed by atoms with Gasteiger partial charge in [-0.3, -0.25) is 19.7 Å². The molecule has 1 N–H and O–H groups in total. The molecular formula is C14H11Cl2N3O5. The van der Waals surface area contributed by atoms with Crippen molar-refractivity contribution in [2.75, 3.05) is 12.4 Å². The topological polar surface area (TPSA) is 103 Å². The summed E-state index contributed by atoms with van der Waals surface area (Å²) in [5.41, 5.74) is -0.952. The van der Waals surface area contributed by atoms with Gasteiger partial charge in [0.05, 0.1) is 23.1 Å². The maximum Gasteiger partial charge on any atom is 0.296 e. The summed E-state index contributed by atoms with van der Waals surface area (Å²) < 4.78 is 5.92. The van der Waals surface area contributed by atoms with E-state index in [0.717, 1.165) is 4.57 Å². The lowest BCUT2D eigenvalue weighted by Crippen LogP contribution is -2.27. The SMILES string of the molecule is COc1ccc(NC(=O)Cn2cc(Cl)cc(Cl)c2=O)c([N+](=O)[O-])c1. The summed E-state index contributed by atoms with van der Waals surface area (Å²) in [5, 5.41) is 13.5. The zero-order valence-corrected chi connectivity index (χ0v) is 13.8. The van der Waals surface area contributed by atoms with Crippen LogP contribution in [0.15, 0.2) is 35.3 Å². The van der Waals surface area contributed by atoms with Crippen molar-refractivity contribution < 1.29 is 14.5 Å². The van der Waals surface area contributed by atoms with Gasteiger partial charge in [0.15, 0.2) is 0 Å². The quantitative estimate of drug-likeness (QED) is 0.642. The first-order valence-electron chi connectivity index (χ1n) is 6.49. The first-order valence-corrected chi connectivity index (χ1v) is 7.25. The number of carbonyl (C=O) groups excluding carboxylic acids is 1. The van der Waals surface area contributed by atoms with Crippen LogP contribution < -0.4 is 15.6 Å². The second kappa shape index (κ2) is 7.33. The number of nitrogens with one attached hydrogen (secondary N) is 1. The first-order chi connectivity index (χ1) is 11.3. The predicted molar refractivity (Wildman–Crippen MR) is 89.0 cm³/mol. The highest BCUT2D eigenvalue weighted by atomic mass is 35.5. The molecular weight excluding hydrogens is 361 g/mol. The van der Waals surface area contributed by atoms with E-state index in [4.69, 9.17) is 27.9 Å². The van der Waals surface area contributed by atoms with Gasteiger partial charge < -0.3 is 14.6 Å². The van der Waals surface area contributed by atoms with Crippen molar-refractivity contribution in [1.29, 1.82) is 0 Å². The molecule has 2 aromatic rings. The Bertz CT molecular complexity index is 866. The number of nitrogens with zero attached hydrogens (tertiary/aromatic N) is 2. The summed E-state index contributed by atoms with van der Waals surface area (Å²) in [6, 6.07) is 5.24. The molecule has 0 saturated heterocycles. The number of pyridine rings is 1. The van der Waals surface area contributed by atoms with Gasteiger partial charge in [-0.05, 0) is 18.2 Å². The molecule has 1 aromatic carbocycles. The van der Waals surface area contributed by atoms with Crippen LogP contribution in [0.3, 0.4) is 0 Å². The van der Waals surface area contributed by atoms with Gasteiger partial charge in [-0.15, -0.1) is 0 Å². The van der Waals surface area contributed by atoms with E-state index in [-0.39, 0.29) is 27.2 Å². The van der Waals surface area contributed by atoms with E-state index in [1.165, 1.54) is 37.6 Å². The Morgan fingerprint density at radius 2 is 2.08 bits per heavy atom. The molecule has 0 saturated carbocycles. The number of halogens is 2. The molecule has 126 valence electrons. The highest BCUT2D eigenvalue weighted by molar-refractivity contribution is 6.34. The highest BCUT2D eigenvalue weighted by Gasteiger charge is 2.18. The minimum absolute atomic E-state index is 0.0213. The maximum atomic E-state index is 12.1. The van der Waals surface area contributed by atoms with Crippen molar-refractivity contribution in [2.45, 2.75) is 6.54 Å². The van der Waals surface area contributed by atoms with Gasteiger partial charge in [-0.25, -0.2) is 0 Å². The smallest absolute Gasteiger partial charge is 0.296 e. The third-order valence-corrected chi connectivity index (χ3v) is 3.48. The fourth-order valence-corrected chi connectivity index (χ4v) is 2.43. The highest BCUT2D eigenvalue weighted by Crippen LogP contribution is 2.28. The molecule has 0 aliphatic rings. The molecule has 0 atom stereocenters. The Kier molecular flexibility index (Phi) is 5.42. The number of rotatable bonds is 5. The number of ether oxygens (including phenoxy) is 1. The second-order valence-electron chi connectivity index (χ2n) is 4.63. The Labute approximate surface area is 145 Å². The fraction of sp³-hybridized carbons (Fsp3) is 0.143. The summed E-state index contributed by atoms with van der Waals surface area (Å²) in [5.74, 6) is -0.374. The van der Waals surface area contributed by atoms with Crippen LogP contribution in [0.2, 0.25) is 10.0 Å². The van der Waals surface area contributed by atoms with Gasteiger partial charge >= 0.3 is 0 Å². The van der Waals surface area contributed by atoms with E-state index in [2.05, 4.69) is 5.32 Å². The van der Waals surface area contributed by atoms with Crippen LogP contribution in [0, 0.1) is 10.1 Å². The lowest BCUT2D eigenvalue weighted by atomic mass is 10.2. The standard InChI is InChI=1S/C14H11Cl2N3O5/c1-24-9-2-3-11(12(5-9)19(22)23)17-13(20)7-18-6-8(15)4-10(16)14(18)21/h2-6H,7H2,1H3,(H,17,20). The van der Waals surface area contributed by atoms with E-state index >= 15 is 0 Å². The molecule has 0 bridgehead atoms. The zero-order valence-electron chi connectivity index (χ0n) is 12.3. The monoisotopic (exact) mass is 371 g/mol. The number of hydrogen-bond acceptors (Lipinski definition) is 5. The van der Waals surface area contributed by atoms with Gasteiger partial charge in [-0.1, -0.05) is 23.2 Å². The molecule has 0 unspecified atom stereocenters. The number of aromatic nitrogens is 1. The average Bonchev–Trinajstić information content (AvgIpc) is 2.52. The molecule has 8 nitrogen and oxygen atoms in total. The Balaban J connectivity index is 2.25. The average molecular weight is 372 g/mol. The molecule has 2 rings (SSSR count). The molecule has 1 amide bonds. The Hall–Kier alpha value is -2.58. The number of carbonyl (C=O) groups is 1. The van der Waals surface area contributed by atoms with E-state index < -0.39 is 22.9 Å². The maximum absolute atomic E-state index is 12.1. The molecule has 0 fully saturated rings. The van der Waals surface area contributed by atoms with Gasteiger partial charge in [0.25, 0.3) is 11.2 Å².